The SMILES string of the molecule is CS(=O)(=O)c1ccnc(N)c1. The van der Waals surface area contributed by atoms with Crippen LogP contribution in [0.3, 0.4) is 0 Å². The number of sulfone groups is 1. The molecule has 5 heteroatoms. The molecule has 11 heavy (non-hydrogen) atoms. The van der Waals surface area contributed by atoms with Crippen molar-refractivity contribution in [3.05, 3.63) is 18.3 Å². The van der Waals surface area contributed by atoms with Crippen LogP contribution >= 0.6 is 0 Å². The van der Waals surface area contributed by atoms with Gasteiger partial charge in [-0.25, -0.2) is 13.4 Å². The Morgan fingerprint density at radius 3 is 2.55 bits per heavy atom. The zero-order valence-electron chi connectivity index (χ0n) is 5.98. The summed E-state index contributed by atoms with van der Waals surface area (Å²) in [6.45, 7) is 0. The summed E-state index contributed by atoms with van der Waals surface area (Å²) >= 11 is 0. The van der Waals surface area contributed by atoms with Gasteiger partial charge in [0.15, 0.2) is 9.84 Å². The Kier molecular flexibility index (Phi) is 1.82. The lowest BCUT2D eigenvalue weighted by atomic mass is 10.5. The molecule has 1 heterocycles. The number of nitrogen functional groups attached to an aromatic ring is 1. The molecule has 0 saturated carbocycles. The Morgan fingerprint density at radius 2 is 2.18 bits per heavy atom. The van der Waals surface area contributed by atoms with E-state index in [1.807, 2.05) is 0 Å². The van der Waals surface area contributed by atoms with Crippen molar-refractivity contribution in [3.63, 3.8) is 0 Å². The number of nitrogens with two attached hydrogens (primary N) is 1. The molecule has 0 saturated heterocycles. The quantitative estimate of drug-likeness (QED) is 0.650. The Balaban J connectivity index is 3.28. The molecular formula is C6H8N2O2S. The molecule has 0 aliphatic carbocycles. The van der Waals surface area contributed by atoms with Crippen molar-refractivity contribution in [1.82, 2.24) is 4.98 Å². The van der Waals surface area contributed by atoms with Gasteiger partial charge in [0.05, 0.1) is 4.90 Å². The number of rotatable bonds is 1. The summed E-state index contributed by atoms with van der Waals surface area (Å²) in [4.78, 5) is 3.87. The highest BCUT2D eigenvalue weighted by atomic mass is 32.2. The maximum atomic E-state index is 10.9. The van der Waals surface area contributed by atoms with Gasteiger partial charge in [0, 0.05) is 12.5 Å². The minimum Gasteiger partial charge on any atom is -0.384 e. The molecule has 60 valence electrons. The maximum Gasteiger partial charge on any atom is 0.175 e. The van der Waals surface area contributed by atoms with Crippen LogP contribution in [0, 0.1) is 0 Å². The van der Waals surface area contributed by atoms with E-state index < -0.39 is 9.84 Å². The maximum absolute atomic E-state index is 10.9. The van der Waals surface area contributed by atoms with E-state index in [0.717, 1.165) is 6.26 Å². The number of anilines is 1. The first-order valence-corrected chi connectivity index (χ1v) is 4.81. The van der Waals surface area contributed by atoms with Crippen molar-refractivity contribution in [2.75, 3.05) is 12.0 Å². The van der Waals surface area contributed by atoms with Crippen molar-refractivity contribution >= 4 is 15.7 Å². The van der Waals surface area contributed by atoms with Gasteiger partial charge in [-0.2, -0.15) is 0 Å². The standard InChI is InChI=1S/C6H8N2O2S/c1-11(9,10)5-2-3-8-6(7)4-5/h2-4H,1H3,(H2,7,8). The third kappa shape index (κ3) is 1.91. The van der Waals surface area contributed by atoms with Gasteiger partial charge in [-0.3, -0.25) is 0 Å². The zero-order valence-corrected chi connectivity index (χ0v) is 6.80. The molecule has 0 aliphatic heterocycles. The molecule has 0 atom stereocenters. The van der Waals surface area contributed by atoms with E-state index in [0.29, 0.717) is 0 Å². The van der Waals surface area contributed by atoms with E-state index in [-0.39, 0.29) is 10.7 Å². The van der Waals surface area contributed by atoms with Gasteiger partial charge in [0.25, 0.3) is 0 Å². The van der Waals surface area contributed by atoms with Crippen LogP contribution in [-0.4, -0.2) is 19.7 Å². The summed E-state index contributed by atoms with van der Waals surface area (Å²) in [7, 11) is -3.15. The largest absolute Gasteiger partial charge is 0.384 e. The van der Waals surface area contributed by atoms with Gasteiger partial charge in [-0.05, 0) is 12.1 Å². The molecule has 0 radical (unpaired) electrons. The molecule has 1 aromatic heterocycles. The molecule has 0 aliphatic rings. The molecule has 0 bridgehead atoms. The molecule has 0 unspecified atom stereocenters. The topological polar surface area (TPSA) is 73.0 Å². The van der Waals surface area contributed by atoms with Crippen molar-refractivity contribution in [3.8, 4) is 0 Å². The molecule has 0 aromatic carbocycles. The molecule has 0 spiro atoms. The van der Waals surface area contributed by atoms with Crippen LogP contribution in [0.25, 0.3) is 0 Å². The average molecular weight is 172 g/mol. The zero-order chi connectivity index (χ0) is 8.48. The summed E-state index contributed by atoms with van der Waals surface area (Å²) in [6, 6.07) is 2.74. The minimum absolute atomic E-state index is 0.199. The van der Waals surface area contributed by atoms with Gasteiger partial charge in [-0.1, -0.05) is 0 Å². The minimum atomic E-state index is -3.15. The van der Waals surface area contributed by atoms with Crippen LogP contribution in [0.1, 0.15) is 0 Å². The molecule has 4 nitrogen and oxygen atoms in total. The van der Waals surface area contributed by atoms with Crippen LogP contribution in [0.15, 0.2) is 23.2 Å². The first-order valence-electron chi connectivity index (χ1n) is 2.92. The number of hydrogen-bond donors (Lipinski definition) is 1. The first kappa shape index (κ1) is 8.00. The van der Waals surface area contributed by atoms with Gasteiger partial charge in [0.1, 0.15) is 5.82 Å². The summed E-state index contributed by atoms with van der Waals surface area (Å²) < 4.78 is 21.8. The molecule has 0 amide bonds. The van der Waals surface area contributed by atoms with E-state index in [2.05, 4.69) is 4.98 Å². The monoisotopic (exact) mass is 172 g/mol. The van der Waals surface area contributed by atoms with Crippen LogP contribution < -0.4 is 5.73 Å². The van der Waals surface area contributed by atoms with E-state index >= 15 is 0 Å². The fourth-order valence-corrected chi connectivity index (χ4v) is 1.30. The lowest BCUT2D eigenvalue weighted by Gasteiger charge is -1.96. The average Bonchev–Trinajstić information content (AvgIpc) is 1.86. The highest BCUT2D eigenvalue weighted by Crippen LogP contribution is 2.09. The Bertz CT molecular complexity index is 359. The van der Waals surface area contributed by atoms with Crippen molar-refractivity contribution < 1.29 is 8.42 Å². The Hall–Kier alpha value is -1.10. The predicted molar refractivity (Wildman–Crippen MR) is 41.8 cm³/mol. The molecule has 0 fully saturated rings. The molecule has 1 aromatic rings. The van der Waals surface area contributed by atoms with Gasteiger partial charge in [-0.15, -0.1) is 0 Å². The third-order valence-electron chi connectivity index (χ3n) is 1.18. The number of aromatic nitrogens is 1. The summed E-state index contributed by atoms with van der Waals surface area (Å²) in [5, 5.41) is 0. The summed E-state index contributed by atoms with van der Waals surface area (Å²) in [5.74, 6) is 0.216. The number of nitrogens with zero attached hydrogens (tertiary/aromatic N) is 1. The van der Waals surface area contributed by atoms with Crippen molar-refractivity contribution in [2.45, 2.75) is 4.90 Å². The molecular weight excluding hydrogens is 164 g/mol. The molecule has 2 N–H and O–H groups in total. The van der Waals surface area contributed by atoms with Gasteiger partial charge in [0.2, 0.25) is 0 Å². The van der Waals surface area contributed by atoms with E-state index in [1.54, 1.807) is 0 Å². The van der Waals surface area contributed by atoms with Crippen LogP contribution in [0.2, 0.25) is 0 Å². The second-order valence-corrected chi connectivity index (χ2v) is 4.20. The second-order valence-electron chi connectivity index (χ2n) is 2.19. The highest BCUT2D eigenvalue weighted by Gasteiger charge is 2.05. The first-order chi connectivity index (χ1) is 5.00. The number of pyridine rings is 1. The second kappa shape index (κ2) is 2.50. The highest BCUT2D eigenvalue weighted by molar-refractivity contribution is 7.90. The lowest BCUT2D eigenvalue weighted by molar-refractivity contribution is 0.602. The van der Waals surface area contributed by atoms with E-state index in [9.17, 15) is 8.42 Å². The predicted octanol–water partition coefficient (Wildman–Crippen LogP) is 0.0673. The van der Waals surface area contributed by atoms with Crippen LogP contribution in [0.5, 0.6) is 0 Å². The van der Waals surface area contributed by atoms with Crippen molar-refractivity contribution in [1.29, 1.82) is 0 Å². The normalized spacial score (nSPS) is 11.4. The van der Waals surface area contributed by atoms with Crippen molar-refractivity contribution in [2.24, 2.45) is 0 Å². The summed E-state index contributed by atoms with van der Waals surface area (Å²) in [6.07, 6.45) is 2.49. The van der Waals surface area contributed by atoms with Gasteiger partial charge < -0.3 is 5.73 Å². The van der Waals surface area contributed by atoms with Crippen LogP contribution in [-0.2, 0) is 9.84 Å². The van der Waals surface area contributed by atoms with Gasteiger partial charge >= 0.3 is 0 Å². The lowest BCUT2D eigenvalue weighted by Crippen LogP contribution is -1.99. The smallest absolute Gasteiger partial charge is 0.175 e. The Morgan fingerprint density at radius 1 is 1.55 bits per heavy atom. The van der Waals surface area contributed by atoms with E-state index in [1.165, 1.54) is 18.3 Å². The van der Waals surface area contributed by atoms with Crippen LogP contribution in [0.4, 0.5) is 5.82 Å². The molecule has 1 rings (SSSR count). The number of hydrogen-bond acceptors (Lipinski definition) is 4. The fourth-order valence-electron chi connectivity index (χ4n) is 0.659. The Labute approximate surface area is 65.0 Å². The fraction of sp³-hybridized carbons (Fsp3) is 0.167. The summed E-state index contributed by atoms with van der Waals surface area (Å²) in [5.41, 5.74) is 5.28. The van der Waals surface area contributed by atoms with E-state index in [4.69, 9.17) is 5.73 Å². The third-order valence-corrected chi connectivity index (χ3v) is 2.29.